The highest BCUT2D eigenvalue weighted by Crippen LogP contribution is 2.44. The van der Waals surface area contributed by atoms with E-state index < -0.39 is 8.07 Å². The van der Waals surface area contributed by atoms with Crippen LogP contribution in [0.2, 0.25) is 16.6 Å². The zero-order valence-electron chi connectivity index (χ0n) is 29.8. The fraction of sp³-hybridized carbons (Fsp3) is 0.217. The van der Waals surface area contributed by atoms with Crippen LogP contribution in [0.1, 0.15) is 52.7 Å². The van der Waals surface area contributed by atoms with Gasteiger partial charge in [0.1, 0.15) is 13.8 Å². The van der Waals surface area contributed by atoms with Crippen molar-refractivity contribution >= 4 is 61.9 Å². The Hall–Kier alpha value is -5.24. The lowest BCUT2D eigenvalue weighted by atomic mass is 9.88. The molecular formula is C46H43N3Si. The lowest BCUT2D eigenvalue weighted by Crippen LogP contribution is -2.43. The molecule has 1 aromatic heterocycles. The third kappa shape index (κ3) is 5.29. The van der Waals surface area contributed by atoms with Gasteiger partial charge in [0.25, 0.3) is 0 Å². The van der Waals surface area contributed by atoms with Crippen LogP contribution in [-0.2, 0) is 6.54 Å². The molecule has 7 aromatic carbocycles. The van der Waals surface area contributed by atoms with Crippen molar-refractivity contribution in [2.75, 3.05) is 0 Å². The lowest BCUT2D eigenvalue weighted by Gasteiger charge is -2.38. The van der Waals surface area contributed by atoms with Gasteiger partial charge in [-0.3, -0.25) is 0 Å². The van der Waals surface area contributed by atoms with Gasteiger partial charge in [-0.25, -0.2) is 4.68 Å². The molecular weight excluding hydrogens is 623 g/mol. The molecule has 0 atom stereocenters. The smallest absolute Gasteiger partial charge is 0.146 e. The predicted octanol–water partition coefficient (Wildman–Crippen LogP) is 12.3. The van der Waals surface area contributed by atoms with E-state index in [1.165, 1.54) is 59.4 Å². The molecule has 1 heterocycles. The highest BCUT2D eigenvalue weighted by atomic mass is 28.3. The molecule has 4 heteroatoms. The number of hydrogen-bond donors (Lipinski definition) is 0. The standard InChI is InChI=1S/C46H43N3Si/c1-30(2)50(31(3)4,32(5)6)23-22-40-41-24-34-15-7-9-17-36(34)26-43(41)46(44-27-37-18-10-8-16-35(37)25-42(40)44)45-29-49(48-47-45)28-38-20-13-19-33-14-11-12-21-39(33)38/h7-21,24-27,29-32H,28H2,1-6H3. The van der Waals surface area contributed by atoms with Gasteiger partial charge in [0.15, 0.2) is 0 Å². The number of hydrogen-bond acceptors (Lipinski definition) is 2. The van der Waals surface area contributed by atoms with Gasteiger partial charge < -0.3 is 0 Å². The van der Waals surface area contributed by atoms with Gasteiger partial charge in [-0.15, -0.1) is 10.6 Å². The monoisotopic (exact) mass is 665 g/mol. The second kappa shape index (κ2) is 12.6. The summed E-state index contributed by atoms with van der Waals surface area (Å²) in [6, 6.07) is 41.8. The summed E-state index contributed by atoms with van der Waals surface area (Å²) in [7, 11) is -2.01. The van der Waals surface area contributed by atoms with Gasteiger partial charge in [-0.2, -0.15) is 0 Å². The Morgan fingerprint density at radius 1 is 0.560 bits per heavy atom. The zero-order chi connectivity index (χ0) is 34.6. The molecule has 0 saturated heterocycles. The van der Waals surface area contributed by atoms with Gasteiger partial charge in [-0.1, -0.05) is 144 Å². The van der Waals surface area contributed by atoms with Crippen LogP contribution in [0.5, 0.6) is 0 Å². The van der Waals surface area contributed by atoms with Crippen molar-refractivity contribution in [3.8, 4) is 22.7 Å². The van der Waals surface area contributed by atoms with Gasteiger partial charge >= 0.3 is 0 Å². The molecule has 0 aliphatic heterocycles. The third-order valence-electron chi connectivity index (χ3n) is 11.1. The maximum Gasteiger partial charge on any atom is 0.146 e. The van der Waals surface area contributed by atoms with Crippen LogP contribution in [-0.4, -0.2) is 23.1 Å². The average Bonchev–Trinajstić information content (AvgIpc) is 3.57. The minimum Gasteiger partial charge on any atom is -0.247 e. The Balaban J connectivity index is 1.43. The maximum absolute atomic E-state index is 4.89. The van der Waals surface area contributed by atoms with Crippen molar-refractivity contribution in [2.45, 2.75) is 64.7 Å². The molecule has 8 rings (SSSR count). The lowest BCUT2D eigenvalue weighted by molar-refractivity contribution is 0.652. The number of nitrogens with zero attached hydrogens (tertiary/aromatic N) is 3. The summed E-state index contributed by atoms with van der Waals surface area (Å²) in [5.74, 6) is 3.95. The van der Waals surface area contributed by atoms with Crippen molar-refractivity contribution in [1.29, 1.82) is 0 Å². The minimum absolute atomic E-state index is 0.547. The summed E-state index contributed by atoms with van der Waals surface area (Å²) in [5.41, 5.74) is 10.1. The van der Waals surface area contributed by atoms with Crippen molar-refractivity contribution < 1.29 is 0 Å². The van der Waals surface area contributed by atoms with E-state index in [0.29, 0.717) is 23.2 Å². The molecule has 246 valence electrons. The quantitative estimate of drug-likeness (QED) is 0.101. The first-order chi connectivity index (χ1) is 24.2. The van der Waals surface area contributed by atoms with Gasteiger partial charge in [0.05, 0.1) is 12.7 Å². The van der Waals surface area contributed by atoms with Gasteiger partial charge in [0.2, 0.25) is 0 Å². The predicted molar refractivity (Wildman–Crippen MR) is 216 cm³/mol. The molecule has 0 spiro atoms. The fourth-order valence-electron chi connectivity index (χ4n) is 8.71. The molecule has 0 N–H and O–H groups in total. The van der Waals surface area contributed by atoms with E-state index in [1.54, 1.807) is 0 Å². The highest BCUT2D eigenvalue weighted by molar-refractivity contribution is 6.90. The topological polar surface area (TPSA) is 30.7 Å². The molecule has 0 bridgehead atoms. The summed E-state index contributed by atoms with van der Waals surface area (Å²) in [4.78, 5) is 0. The molecule has 0 aliphatic carbocycles. The number of benzene rings is 7. The number of fused-ring (bicyclic) bond motifs is 5. The van der Waals surface area contributed by atoms with Crippen LogP contribution in [0.4, 0.5) is 0 Å². The summed E-state index contributed by atoms with van der Waals surface area (Å²) >= 11 is 0. The fourth-order valence-corrected chi connectivity index (χ4v) is 13.9. The third-order valence-corrected chi connectivity index (χ3v) is 17.4. The second-order valence-corrected chi connectivity index (χ2v) is 20.4. The molecule has 0 amide bonds. The van der Waals surface area contributed by atoms with Gasteiger partial charge in [-0.05, 0) is 100 Å². The van der Waals surface area contributed by atoms with Crippen molar-refractivity contribution in [2.24, 2.45) is 0 Å². The summed E-state index contributed by atoms with van der Waals surface area (Å²) in [6.07, 6.45) is 2.12. The largest absolute Gasteiger partial charge is 0.247 e. The zero-order valence-corrected chi connectivity index (χ0v) is 30.8. The maximum atomic E-state index is 4.89. The van der Waals surface area contributed by atoms with Gasteiger partial charge in [0, 0.05) is 11.1 Å². The first-order valence-corrected chi connectivity index (χ1v) is 20.2. The molecule has 0 aliphatic rings. The molecule has 3 nitrogen and oxygen atoms in total. The first-order valence-electron chi connectivity index (χ1n) is 18.0. The van der Waals surface area contributed by atoms with Crippen molar-refractivity contribution in [1.82, 2.24) is 15.0 Å². The molecule has 50 heavy (non-hydrogen) atoms. The van der Waals surface area contributed by atoms with Crippen molar-refractivity contribution in [3.63, 3.8) is 0 Å². The summed E-state index contributed by atoms with van der Waals surface area (Å²) < 4.78 is 1.98. The second-order valence-electron chi connectivity index (χ2n) is 14.8. The SMILES string of the molecule is CC(C)[Si](C#Cc1c2cc3ccccc3cc2c(-c2cn(Cc3cccc4ccccc34)nn2)c2cc3ccccc3cc12)(C(C)C)C(C)C. The molecule has 0 saturated carbocycles. The van der Waals surface area contributed by atoms with Crippen LogP contribution >= 0.6 is 0 Å². The van der Waals surface area contributed by atoms with Crippen LogP contribution in [0.25, 0.3) is 65.1 Å². The van der Waals surface area contributed by atoms with E-state index in [9.17, 15) is 0 Å². The van der Waals surface area contributed by atoms with E-state index in [-0.39, 0.29) is 0 Å². The van der Waals surface area contributed by atoms with E-state index in [4.69, 9.17) is 10.3 Å². The molecule has 8 aromatic rings. The Morgan fingerprint density at radius 2 is 1.04 bits per heavy atom. The Bertz CT molecular complexity index is 2510. The van der Waals surface area contributed by atoms with E-state index in [0.717, 1.165) is 16.8 Å². The van der Waals surface area contributed by atoms with Crippen molar-refractivity contribution in [3.05, 3.63) is 133 Å². The van der Waals surface area contributed by atoms with E-state index >= 15 is 0 Å². The molecule has 0 radical (unpaired) electrons. The van der Waals surface area contributed by atoms with Crippen LogP contribution in [0.3, 0.4) is 0 Å². The van der Waals surface area contributed by atoms with Crippen LogP contribution < -0.4 is 0 Å². The highest BCUT2D eigenvalue weighted by Gasteiger charge is 2.41. The van der Waals surface area contributed by atoms with Crippen LogP contribution in [0, 0.1) is 11.5 Å². The first kappa shape index (κ1) is 32.0. The minimum atomic E-state index is -2.01. The summed E-state index contributed by atoms with van der Waals surface area (Å²) in [5, 5.41) is 21.6. The van der Waals surface area contributed by atoms with Crippen LogP contribution in [0.15, 0.2) is 121 Å². The van der Waals surface area contributed by atoms with E-state index in [2.05, 4.69) is 174 Å². The Labute approximate surface area is 296 Å². The Kier molecular flexibility index (Phi) is 8.05. The van der Waals surface area contributed by atoms with E-state index in [1.807, 2.05) is 4.68 Å². The normalized spacial score (nSPS) is 12.3. The molecule has 0 unspecified atom stereocenters. The molecule has 0 fully saturated rings. The summed E-state index contributed by atoms with van der Waals surface area (Å²) in [6.45, 7) is 15.0. The number of aromatic nitrogens is 3. The average molecular weight is 666 g/mol. The Morgan fingerprint density at radius 3 is 1.58 bits per heavy atom. The number of rotatable bonds is 6.